The second-order valence-corrected chi connectivity index (χ2v) is 17.9. The summed E-state index contributed by atoms with van der Waals surface area (Å²) in [6.45, 7) is 0. The summed E-state index contributed by atoms with van der Waals surface area (Å²) in [6.07, 6.45) is -51.4. The first-order chi connectivity index (χ1) is 36.1. The van der Waals surface area contributed by atoms with Gasteiger partial charge in [0.05, 0.1) is 44.5 Å². The van der Waals surface area contributed by atoms with E-state index < -0.39 is 195 Å². The second kappa shape index (κ2) is 23.9. The van der Waals surface area contributed by atoms with Crippen LogP contribution >= 0.6 is 0 Å². The maximum Gasteiger partial charge on any atom is 0.416 e. The van der Waals surface area contributed by atoms with E-state index in [-0.39, 0.29) is 35.9 Å². The van der Waals surface area contributed by atoms with Crippen LogP contribution in [0, 0.1) is 14.9 Å². The maximum absolute atomic E-state index is 14.2. The Morgan fingerprint density at radius 1 is 0.256 bits per heavy atom. The fourth-order valence-corrected chi connectivity index (χ4v) is 8.96. The first-order valence-corrected chi connectivity index (χ1v) is 22.3. The zero-order valence-corrected chi connectivity index (χ0v) is 43.5. The molecule has 3 aromatic heterocycles. The van der Waals surface area contributed by atoms with Crippen LogP contribution in [-0.2, 0) is 96.2 Å². The number of nitrogens with zero attached hydrogens (tertiary/aromatic N) is 3. The van der Waals surface area contributed by atoms with E-state index in [0.29, 0.717) is 0 Å². The Hall–Kier alpha value is -6.60. The molecule has 82 heavy (non-hydrogen) atoms. The molecule has 29 heteroatoms. The number of halogens is 24. The van der Waals surface area contributed by atoms with Crippen LogP contribution in [0.15, 0.2) is 127 Å². The van der Waals surface area contributed by atoms with Crippen molar-refractivity contribution in [1.82, 2.24) is 15.0 Å². The van der Waals surface area contributed by atoms with Crippen molar-refractivity contribution in [3.05, 3.63) is 221 Å². The summed E-state index contributed by atoms with van der Waals surface area (Å²) in [7, 11) is 0. The SMILES string of the molecule is FC(F)(F)c1cc([B-](c2cc(C(F)(F)F)cc(C(F)(F)F)c2)(c2cc(C(F)(F)F)cc(C(F)(F)F)c2)c2cc(C(F)(F)F)cc(C(F)(F)F)c2)cc(C(F)(F)F)c1.[CH3-].[CH3-].[Pt].c1cc2nc(c1)Cc1cccc(n1)Cc1cccc(n1)CC2. The van der Waals surface area contributed by atoms with Crippen molar-refractivity contribution in [2.45, 2.75) is 75.1 Å². The minimum atomic E-state index is -6.13. The third kappa shape index (κ3) is 15.7. The molecule has 4 aromatic carbocycles. The number of aryl methyl sites for hydroxylation is 2. The quantitative estimate of drug-likeness (QED) is 0.100. The minimum Gasteiger partial charge on any atom is -0.358 e. The molecule has 4 heterocycles. The molecule has 3 nitrogen and oxygen atoms in total. The fourth-order valence-electron chi connectivity index (χ4n) is 8.96. The zero-order chi connectivity index (χ0) is 58.7. The predicted molar refractivity (Wildman–Crippen MR) is 249 cm³/mol. The predicted octanol–water partition coefficient (Wildman–Crippen LogP) is 15.3. The Bertz CT molecular complexity index is 2870. The van der Waals surface area contributed by atoms with Crippen LogP contribution in [0.4, 0.5) is 105 Å². The summed E-state index contributed by atoms with van der Waals surface area (Å²) >= 11 is 0. The van der Waals surface area contributed by atoms with E-state index in [4.69, 9.17) is 15.0 Å². The van der Waals surface area contributed by atoms with Gasteiger partial charge in [0.25, 0.3) is 0 Å². The molecule has 0 radical (unpaired) electrons. The number of pyridine rings is 3. The molecule has 0 saturated heterocycles. The Balaban J connectivity index is 0.000000479. The molecule has 1 aliphatic rings. The summed E-state index contributed by atoms with van der Waals surface area (Å²) in [4.78, 5) is 14.3. The molecule has 0 amide bonds. The third-order valence-corrected chi connectivity index (χ3v) is 12.4. The van der Waals surface area contributed by atoms with Gasteiger partial charge in [-0.3, -0.25) is 15.0 Å². The monoisotopic (exact) mass is 1380 g/mol. The van der Waals surface area contributed by atoms with E-state index >= 15 is 0 Å². The molecule has 6 bridgehead atoms. The van der Waals surface area contributed by atoms with Gasteiger partial charge in [0, 0.05) is 68.1 Å². The van der Waals surface area contributed by atoms with Gasteiger partial charge in [0.2, 0.25) is 0 Å². The molecule has 0 N–H and O–H groups in total. The number of aromatic nitrogens is 3. The minimum absolute atomic E-state index is 0. The molecular weight excluding hydrogens is 1340 g/mol. The Morgan fingerprint density at radius 3 is 0.585 bits per heavy atom. The summed E-state index contributed by atoms with van der Waals surface area (Å²) in [5, 5.41) is 0. The molecule has 8 rings (SSSR count). The van der Waals surface area contributed by atoms with Crippen molar-refractivity contribution < 1.29 is 126 Å². The fraction of sp³-hybridized carbons (Fsp3) is 0.226. The molecule has 0 saturated carbocycles. The Kier molecular flexibility index (Phi) is 19.8. The molecule has 1 aliphatic heterocycles. The summed E-state index contributed by atoms with van der Waals surface area (Å²) in [6, 6.07) is 9.93. The van der Waals surface area contributed by atoms with Crippen molar-refractivity contribution in [3.63, 3.8) is 0 Å². The number of benzene rings is 4. The van der Waals surface area contributed by atoms with Gasteiger partial charge < -0.3 is 14.9 Å². The van der Waals surface area contributed by atoms with E-state index in [2.05, 4.69) is 54.6 Å². The van der Waals surface area contributed by atoms with Gasteiger partial charge >= 0.3 is 49.4 Å². The number of fused-ring (bicyclic) bond motifs is 6. The summed E-state index contributed by atoms with van der Waals surface area (Å²) in [5.41, 5.74) is -23.7. The average Bonchev–Trinajstić information content (AvgIpc) is 2.51. The molecule has 446 valence electrons. The number of hydrogen-bond acceptors (Lipinski definition) is 3. The standard InChI is InChI=1S/C32H12BF24.C19H17N3.2CH3.Pt/c34-25(35,36)13-1-14(26(37,38)39)6-21(5-13)33(22-7-15(27(40,41)42)2-16(8-22)28(43,44)45,23-9-17(29(46,47)48)3-18(10-23)30(49,50)51)24-11-19(31(52,53)54)4-20(12-24)32(55,56)57;1-4-14-10-11-15-5-2-7-17(21-15)13-19-9-3-8-18(22-19)12-16(6-1)20-14;;;/h1-12H;1-9H,10-13H2;2*1H3;/q-1;;2*-1;. The van der Waals surface area contributed by atoms with Crippen molar-refractivity contribution in [1.29, 1.82) is 0 Å². The summed E-state index contributed by atoms with van der Waals surface area (Å²) < 4.78 is 341. The molecule has 7 aromatic rings. The van der Waals surface area contributed by atoms with Crippen LogP contribution in [-0.4, -0.2) is 21.1 Å². The molecule has 0 aliphatic carbocycles. The van der Waals surface area contributed by atoms with Gasteiger partial charge in [0.1, 0.15) is 6.15 Å². The first kappa shape index (κ1) is 67.9. The topological polar surface area (TPSA) is 38.7 Å². The number of alkyl halides is 24. The molecule has 0 unspecified atom stereocenters. The first-order valence-electron chi connectivity index (χ1n) is 22.3. The maximum atomic E-state index is 14.2. The molecular formula is C53H35BF24N3Pt-3. The normalized spacial score (nSPS) is 13.6. The van der Waals surface area contributed by atoms with Crippen molar-refractivity contribution in [2.75, 3.05) is 0 Å². The van der Waals surface area contributed by atoms with Gasteiger partial charge in [-0.05, 0) is 73.5 Å². The van der Waals surface area contributed by atoms with Crippen LogP contribution in [0.25, 0.3) is 0 Å². The van der Waals surface area contributed by atoms with Crippen LogP contribution in [0.2, 0.25) is 0 Å². The Morgan fingerprint density at radius 2 is 0.415 bits per heavy atom. The van der Waals surface area contributed by atoms with Crippen LogP contribution in [0.3, 0.4) is 0 Å². The van der Waals surface area contributed by atoms with E-state index in [1.165, 1.54) is 0 Å². The smallest absolute Gasteiger partial charge is 0.358 e. The van der Waals surface area contributed by atoms with Crippen LogP contribution < -0.4 is 21.9 Å². The largest absolute Gasteiger partial charge is 0.416 e. The van der Waals surface area contributed by atoms with E-state index in [9.17, 15) is 105 Å². The van der Waals surface area contributed by atoms with Crippen molar-refractivity contribution in [2.24, 2.45) is 0 Å². The zero-order valence-electron chi connectivity index (χ0n) is 41.3. The van der Waals surface area contributed by atoms with Crippen LogP contribution in [0.5, 0.6) is 0 Å². The third-order valence-electron chi connectivity index (χ3n) is 12.4. The molecule has 0 spiro atoms. The summed E-state index contributed by atoms with van der Waals surface area (Å²) in [5.74, 6) is 0. The molecule has 0 atom stereocenters. The second-order valence-electron chi connectivity index (χ2n) is 17.9. The van der Waals surface area contributed by atoms with Gasteiger partial charge in [-0.15, -0.1) is 0 Å². The van der Waals surface area contributed by atoms with Gasteiger partial charge in [-0.25, -0.2) is 0 Å². The van der Waals surface area contributed by atoms with E-state index in [0.717, 1.165) is 59.8 Å². The van der Waals surface area contributed by atoms with Gasteiger partial charge in [-0.1, -0.05) is 66.7 Å². The van der Waals surface area contributed by atoms with Crippen molar-refractivity contribution >= 4 is 28.0 Å². The van der Waals surface area contributed by atoms with Gasteiger partial charge in [0.15, 0.2) is 0 Å². The molecule has 0 fully saturated rings. The van der Waals surface area contributed by atoms with E-state index in [1.54, 1.807) is 0 Å². The van der Waals surface area contributed by atoms with Gasteiger partial charge in [-0.2, -0.15) is 127 Å². The van der Waals surface area contributed by atoms with Crippen molar-refractivity contribution in [3.8, 4) is 0 Å². The number of hydrogen-bond donors (Lipinski definition) is 0. The average molecular weight is 1380 g/mol. The van der Waals surface area contributed by atoms with Crippen LogP contribution in [0.1, 0.15) is 78.7 Å². The van der Waals surface area contributed by atoms with E-state index in [1.807, 2.05) is 0 Å². The Labute approximate surface area is 464 Å². The number of rotatable bonds is 4.